The van der Waals surface area contributed by atoms with E-state index in [2.05, 4.69) is 49.0 Å². The van der Waals surface area contributed by atoms with Gasteiger partial charge >= 0.3 is 5.97 Å². The lowest BCUT2D eigenvalue weighted by Gasteiger charge is -2.33. The first-order valence-electron chi connectivity index (χ1n) is 7.20. The maximum Gasteiger partial charge on any atom is 0.356 e. The summed E-state index contributed by atoms with van der Waals surface area (Å²) in [5.74, 6) is 0.236. The number of hydrogen-bond donors (Lipinski definition) is 1. The summed E-state index contributed by atoms with van der Waals surface area (Å²) < 4.78 is 1.17. The van der Waals surface area contributed by atoms with Crippen molar-refractivity contribution in [1.82, 2.24) is 9.97 Å². The highest BCUT2D eigenvalue weighted by atomic mass is 79.9. The molecule has 1 aromatic heterocycles. The zero-order valence-corrected chi connectivity index (χ0v) is 13.5. The Hall–Kier alpha value is -1.95. The van der Waals surface area contributed by atoms with E-state index in [1.807, 2.05) is 6.07 Å². The normalized spacial score (nSPS) is 15.8. The molecule has 114 valence electrons. The summed E-state index contributed by atoms with van der Waals surface area (Å²) in [4.78, 5) is 21.1. The molecule has 0 radical (unpaired) electrons. The number of carboxylic acid groups (broad SMARTS) is 1. The van der Waals surface area contributed by atoms with E-state index in [0.29, 0.717) is 5.92 Å². The van der Waals surface area contributed by atoms with Gasteiger partial charge in [0, 0.05) is 17.6 Å². The standard InChI is InChI=1S/C16H16BrN3O2/c17-13-4-2-1-3-12(13)11-5-7-20(8-6-11)15-10-18-14(9-19-15)16(21)22/h1-4,9-11H,5-8H2,(H,21,22). The van der Waals surface area contributed by atoms with Crippen LogP contribution in [-0.2, 0) is 0 Å². The highest BCUT2D eigenvalue weighted by Gasteiger charge is 2.23. The largest absolute Gasteiger partial charge is 0.476 e. The van der Waals surface area contributed by atoms with Crippen LogP contribution >= 0.6 is 15.9 Å². The van der Waals surface area contributed by atoms with E-state index >= 15 is 0 Å². The molecule has 0 bridgehead atoms. The second-order valence-corrected chi connectivity index (χ2v) is 6.20. The van der Waals surface area contributed by atoms with Crippen LogP contribution in [0.2, 0.25) is 0 Å². The molecule has 3 rings (SSSR count). The summed E-state index contributed by atoms with van der Waals surface area (Å²) in [6.07, 6.45) is 4.95. The molecule has 1 fully saturated rings. The number of rotatable bonds is 3. The number of benzene rings is 1. The van der Waals surface area contributed by atoms with Crippen molar-refractivity contribution in [2.75, 3.05) is 18.0 Å². The smallest absolute Gasteiger partial charge is 0.356 e. The summed E-state index contributed by atoms with van der Waals surface area (Å²) in [5.41, 5.74) is 1.33. The molecular weight excluding hydrogens is 346 g/mol. The van der Waals surface area contributed by atoms with Crippen LogP contribution in [0.4, 0.5) is 5.82 Å². The second-order valence-electron chi connectivity index (χ2n) is 5.35. The molecule has 2 aromatic rings. The lowest BCUT2D eigenvalue weighted by Crippen LogP contribution is -2.33. The van der Waals surface area contributed by atoms with Gasteiger partial charge in [0.25, 0.3) is 0 Å². The zero-order valence-electron chi connectivity index (χ0n) is 11.9. The van der Waals surface area contributed by atoms with Crippen molar-refractivity contribution in [3.8, 4) is 0 Å². The Kier molecular flexibility index (Phi) is 4.38. The monoisotopic (exact) mass is 361 g/mol. The van der Waals surface area contributed by atoms with Crippen molar-refractivity contribution in [2.45, 2.75) is 18.8 Å². The predicted octanol–water partition coefficient (Wildman–Crippen LogP) is 3.32. The van der Waals surface area contributed by atoms with Gasteiger partial charge in [-0.05, 0) is 30.4 Å². The molecule has 0 atom stereocenters. The minimum atomic E-state index is -1.05. The Morgan fingerprint density at radius 3 is 2.50 bits per heavy atom. The maximum atomic E-state index is 10.8. The third kappa shape index (κ3) is 3.11. The third-order valence-electron chi connectivity index (χ3n) is 4.02. The minimum Gasteiger partial charge on any atom is -0.476 e. The van der Waals surface area contributed by atoms with Crippen molar-refractivity contribution < 1.29 is 9.90 Å². The van der Waals surface area contributed by atoms with Crippen LogP contribution in [0.1, 0.15) is 34.8 Å². The SMILES string of the molecule is O=C(O)c1cnc(N2CCC(c3ccccc3Br)CC2)cn1. The minimum absolute atomic E-state index is 0.0214. The molecule has 6 heteroatoms. The summed E-state index contributed by atoms with van der Waals surface area (Å²) in [6, 6.07) is 8.36. The highest BCUT2D eigenvalue weighted by molar-refractivity contribution is 9.10. The maximum absolute atomic E-state index is 10.8. The molecule has 0 spiro atoms. The lowest BCUT2D eigenvalue weighted by molar-refractivity contribution is 0.0690. The first kappa shape index (κ1) is 15.0. The predicted molar refractivity (Wildman–Crippen MR) is 87.3 cm³/mol. The Balaban J connectivity index is 1.66. The number of halogens is 1. The third-order valence-corrected chi connectivity index (χ3v) is 4.74. The van der Waals surface area contributed by atoms with E-state index in [1.54, 1.807) is 6.20 Å². The quantitative estimate of drug-likeness (QED) is 0.907. The highest BCUT2D eigenvalue weighted by Crippen LogP contribution is 2.33. The van der Waals surface area contributed by atoms with Crippen LogP contribution in [-0.4, -0.2) is 34.1 Å². The molecule has 0 amide bonds. The van der Waals surface area contributed by atoms with Crippen molar-refractivity contribution in [2.24, 2.45) is 0 Å². The number of anilines is 1. The fourth-order valence-electron chi connectivity index (χ4n) is 2.82. The molecule has 22 heavy (non-hydrogen) atoms. The molecule has 0 aliphatic carbocycles. The van der Waals surface area contributed by atoms with E-state index in [-0.39, 0.29) is 5.69 Å². The molecule has 5 nitrogen and oxygen atoms in total. The van der Waals surface area contributed by atoms with Crippen LogP contribution in [0, 0.1) is 0 Å². The van der Waals surface area contributed by atoms with Gasteiger partial charge in [0.15, 0.2) is 5.69 Å². The van der Waals surface area contributed by atoms with Crippen molar-refractivity contribution in [1.29, 1.82) is 0 Å². The van der Waals surface area contributed by atoms with Crippen LogP contribution in [0.25, 0.3) is 0 Å². The summed E-state index contributed by atoms with van der Waals surface area (Å²) in [6.45, 7) is 1.79. The van der Waals surface area contributed by atoms with E-state index in [4.69, 9.17) is 5.11 Å². The molecule has 1 aromatic carbocycles. The van der Waals surface area contributed by atoms with Gasteiger partial charge in [0.05, 0.1) is 12.4 Å². The van der Waals surface area contributed by atoms with E-state index < -0.39 is 5.97 Å². The Morgan fingerprint density at radius 1 is 1.18 bits per heavy atom. The average molecular weight is 362 g/mol. The lowest BCUT2D eigenvalue weighted by atomic mass is 9.89. The van der Waals surface area contributed by atoms with Gasteiger partial charge in [0.1, 0.15) is 5.82 Å². The number of nitrogens with zero attached hydrogens (tertiary/aromatic N) is 3. The molecular formula is C16H16BrN3O2. The van der Waals surface area contributed by atoms with Gasteiger partial charge < -0.3 is 10.0 Å². The Labute approximate surface area is 137 Å². The Morgan fingerprint density at radius 2 is 1.91 bits per heavy atom. The number of carboxylic acids is 1. The van der Waals surface area contributed by atoms with Gasteiger partial charge in [-0.1, -0.05) is 34.1 Å². The second kappa shape index (κ2) is 6.44. The molecule has 1 N–H and O–H groups in total. The summed E-state index contributed by atoms with van der Waals surface area (Å²) in [5, 5.41) is 8.85. The first-order chi connectivity index (χ1) is 10.6. The fraction of sp³-hybridized carbons (Fsp3) is 0.312. The van der Waals surface area contributed by atoms with Crippen LogP contribution in [0.5, 0.6) is 0 Å². The Bertz CT molecular complexity index is 667. The zero-order chi connectivity index (χ0) is 15.5. The molecule has 1 saturated heterocycles. The van der Waals surface area contributed by atoms with E-state index in [9.17, 15) is 4.79 Å². The van der Waals surface area contributed by atoms with Crippen LogP contribution in [0.15, 0.2) is 41.1 Å². The first-order valence-corrected chi connectivity index (χ1v) is 7.99. The van der Waals surface area contributed by atoms with Gasteiger partial charge in [-0.15, -0.1) is 0 Å². The van der Waals surface area contributed by atoms with Gasteiger partial charge in [-0.25, -0.2) is 14.8 Å². The van der Waals surface area contributed by atoms with E-state index in [0.717, 1.165) is 31.7 Å². The molecule has 1 aliphatic heterocycles. The van der Waals surface area contributed by atoms with E-state index in [1.165, 1.54) is 16.2 Å². The van der Waals surface area contributed by atoms with Gasteiger partial charge in [0.2, 0.25) is 0 Å². The number of carbonyl (C=O) groups is 1. The summed E-state index contributed by atoms with van der Waals surface area (Å²) >= 11 is 3.62. The van der Waals surface area contributed by atoms with Gasteiger partial charge in [-0.3, -0.25) is 0 Å². The number of hydrogen-bond acceptors (Lipinski definition) is 4. The number of aromatic nitrogens is 2. The molecule has 2 heterocycles. The molecule has 1 aliphatic rings. The van der Waals surface area contributed by atoms with Crippen molar-refractivity contribution in [3.05, 3.63) is 52.4 Å². The van der Waals surface area contributed by atoms with Crippen molar-refractivity contribution in [3.63, 3.8) is 0 Å². The summed E-state index contributed by atoms with van der Waals surface area (Å²) in [7, 11) is 0. The fourth-order valence-corrected chi connectivity index (χ4v) is 3.43. The number of piperidine rings is 1. The topological polar surface area (TPSA) is 66.3 Å². The van der Waals surface area contributed by atoms with Crippen LogP contribution in [0.3, 0.4) is 0 Å². The van der Waals surface area contributed by atoms with Crippen LogP contribution < -0.4 is 4.90 Å². The number of aromatic carboxylic acids is 1. The molecule has 0 saturated carbocycles. The molecule has 0 unspecified atom stereocenters. The van der Waals surface area contributed by atoms with Crippen molar-refractivity contribution >= 4 is 27.7 Å². The average Bonchev–Trinajstić information content (AvgIpc) is 2.56. The van der Waals surface area contributed by atoms with Gasteiger partial charge in [-0.2, -0.15) is 0 Å².